The average molecular weight is 284 g/mol. The summed E-state index contributed by atoms with van der Waals surface area (Å²) in [6.45, 7) is 4.83. The van der Waals surface area contributed by atoms with Crippen LogP contribution in [0.4, 0.5) is 10.1 Å². The predicted molar refractivity (Wildman–Crippen MR) is 74.6 cm³/mol. The summed E-state index contributed by atoms with van der Waals surface area (Å²) in [5, 5.41) is 0. The summed E-state index contributed by atoms with van der Waals surface area (Å²) in [5.74, 6) is 4.73. The number of nitrogens with one attached hydrogen (secondary N) is 1. The van der Waals surface area contributed by atoms with Crippen LogP contribution in [0.3, 0.4) is 0 Å². The van der Waals surface area contributed by atoms with Crippen LogP contribution < -0.4 is 10.5 Å². The fraction of sp³-hybridized carbons (Fsp3) is 0.385. The predicted octanol–water partition coefficient (Wildman–Crippen LogP) is 1.68. The molecule has 19 heavy (non-hydrogen) atoms. The van der Waals surface area contributed by atoms with Gasteiger partial charge in [-0.05, 0) is 39.0 Å². The summed E-state index contributed by atoms with van der Waals surface area (Å²) >= 11 is 0. The van der Waals surface area contributed by atoms with Gasteiger partial charge in [-0.25, -0.2) is 12.8 Å². The van der Waals surface area contributed by atoms with Crippen molar-refractivity contribution in [1.29, 1.82) is 0 Å². The lowest BCUT2D eigenvalue weighted by atomic mass is 10.2. The Hall–Kier alpha value is -1.58. The molecule has 3 N–H and O–H groups in total. The third-order valence-corrected chi connectivity index (χ3v) is 4.46. The first-order valence-corrected chi connectivity index (χ1v) is 7.16. The Morgan fingerprint density at radius 2 is 2.00 bits per heavy atom. The zero-order chi connectivity index (χ0) is 14.7. The van der Waals surface area contributed by atoms with Crippen LogP contribution in [0.15, 0.2) is 18.2 Å². The van der Waals surface area contributed by atoms with Gasteiger partial charge in [0.05, 0.1) is 22.5 Å². The fourth-order valence-electron chi connectivity index (χ4n) is 1.15. The maximum absolute atomic E-state index is 13.2. The number of hydrogen-bond donors (Lipinski definition) is 2. The van der Waals surface area contributed by atoms with Gasteiger partial charge in [-0.3, -0.25) is 4.72 Å². The Morgan fingerprint density at radius 3 is 2.53 bits per heavy atom. The van der Waals surface area contributed by atoms with Gasteiger partial charge in [0.1, 0.15) is 5.82 Å². The Balaban J connectivity index is 3.22. The number of hydrogen-bond acceptors (Lipinski definition) is 3. The van der Waals surface area contributed by atoms with Crippen molar-refractivity contribution in [1.82, 2.24) is 0 Å². The molecule has 0 saturated heterocycles. The van der Waals surface area contributed by atoms with E-state index in [2.05, 4.69) is 16.6 Å². The molecule has 0 fully saturated rings. The van der Waals surface area contributed by atoms with E-state index in [9.17, 15) is 12.8 Å². The molecular weight excluding hydrogens is 267 g/mol. The van der Waals surface area contributed by atoms with Gasteiger partial charge in [0.2, 0.25) is 10.0 Å². The third-order valence-electron chi connectivity index (χ3n) is 2.36. The summed E-state index contributed by atoms with van der Waals surface area (Å²) in [6.07, 6.45) is 0. The van der Waals surface area contributed by atoms with Crippen molar-refractivity contribution in [3.05, 3.63) is 29.6 Å². The van der Waals surface area contributed by atoms with Crippen molar-refractivity contribution in [2.75, 3.05) is 11.3 Å². The molecule has 0 radical (unpaired) electrons. The zero-order valence-electron chi connectivity index (χ0n) is 11.1. The Bertz CT molecular complexity index is 622. The van der Waals surface area contributed by atoms with Crippen molar-refractivity contribution in [2.24, 2.45) is 5.73 Å². The number of sulfonamides is 1. The van der Waals surface area contributed by atoms with Crippen molar-refractivity contribution < 1.29 is 12.8 Å². The highest BCUT2D eigenvalue weighted by Gasteiger charge is 2.29. The smallest absolute Gasteiger partial charge is 0.237 e. The molecule has 104 valence electrons. The van der Waals surface area contributed by atoms with Crippen molar-refractivity contribution in [3.8, 4) is 11.8 Å². The highest BCUT2D eigenvalue weighted by Crippen LogP contribution is 2.22. The topological polar surface area (TPSA) is 72.2 Å². The van der Waals surface area contributed by atoms with E-state index in [4.69, 9.17) is 5.73 Å². The highest BCUT2D eigenvalue weighted by atomic mass is 32.2. The lowest BCUT2D eigenvalue weighted by molar-refractivity contribution is 0.566. The van der Waals surface area contributed by atoms with E-state index in [0.717, 1.165) is 0 Å². The van der Waals surface area contributed by atoms with Crippen LogP contribution in [0, 0.1) is 17.7 Å². The van der Waals surface area contributed by atoms with E-state index in [-0.39, 0.29) is 17.8 Å². The van der Waals surface area contributed by atoms with E-state index in [1.807, 2.05) is 0 Å². The first-order valence-electron chi connectivity index (χ1n) is 5.68. The molecule has 1 aromatic carbocycles. The second-order valence-electron chi connectivity index (χ2n) is 4.91. The van der Waals surface area contributed by atoms with Crippen molar-refractivity contribution in [3.63, 3.8) is 0 Å². The van der Waals surface area contributed by atoms with E-state index >= 15 is 0 Å². The molecule has 0 aliphatic heterocycles. The second-order valence-corrected chi connectivity index (χ2v) is 7.35. The van der Waals surface area contributed by atoms with Gasteiger partial charge >= 0.3 is 0 Å². The lowest BCUT2D eigenvalue weighted by Crippen LogP contribution is -2.33. The molecule has 0 aromatic heterocycles. The number of nitrogens with two attached hydrogens (primary N) is 1. The van der Waals surface area contributed by atoms with Crippen LogP contribution in [0.25, 0.3) is 0 Å². The van der Waals surface area contributed by atoms with Crippen LogP contribution in [0.5, 0.6) is 0 Å². The minimum absolute atomic E-state index is 0.113. The summed E-state index contributed by atoms with van der Waals surface area (Å²) in [7, 11) is -3.58. The average Bonchev–Trinajstić information content (AvgIpc) is 2.27. The van der Waals surface area contributed by atoms with E-state index in [1.165, 1.54) is 18.2 Å². The van der Waals surface area contributed by atoms with Crippen LogP contribution in [-0.2, 0) is 10.0 Å². The zero-order valence-corrected chi connectivity index (χ0v) is 11.9. The lowest BCUT2D eigenvalue weighted by Gasteiger charge is -2.21. The minimum Gasteiger partial charge on any atom is -0.320 e. The molecule has 0 bridgehead atoms. The molecule has 0 aliphatic carbocycles. The molecule has 1 rings (SSSR count). The third kappa shape index (κ3) is 3.94. The molecule has 6 heteroatoms. The van der Waals surface area contributed by atoms with Crippen LogP contribution in [-0.4, -0.2) is 19.7 Å². The normalized spacial score (nSPS) is 11.6. The Labute approximate surface area is 113 Å². The summed E-state index contributed by atoms with van der Waals surface area (Å²) in [6, 6.07) is 3.69. The van der Waals surface area contributed by atoms with Crippen molar-refractivity contribution in [2.45, 2.75) is 25.5 Å². The van der Waals surface area contributed by atoms with Gasteiger partial charge < -0.3 is 5.73 Å². The molecule has 0 saturated carbocycles. The largest absolute Gasteiger partial charge is 0.320 e. The molecule has 0 spiro atoms. The number of halogens is 1. The fourth-order valence-corrected chi connectivity index (χ4v) is 1.93. The van der Waals surface area contributed by atoms with Gasteiger partial charge in [0.25, 0.3) is 0 Å². The van der Waals surface area contributed by atoms with Crippen LogP contribution >= 0.6 is 0 Å². The van der Waals surface area contributed by atoms with Gasteiger partial charge in [0, 0.05) is 0 Å². The standard InChI is InChI=1S/C13H17FN2O2S/c1-13(2,3)19(17,18)16-12-7-6-11(14)9-10(12)5-4-8-15/h6-7,9,16H,8,15H2,1-3H3. The van der Waals surface area contributed by atoms with Gasteiger partial charge in [-0.1, -0.05) is 11.8 Å². The quantitative estimate of drug-likeness (QED) is 0.812. The SMILES string of the molecule is CC(C)(C)S(=O)(=O)Nc1ccc(F)cc1C#CCN. The number of benzene rings is 1. The maximum atomic E-state index is 13.2. The van der Waals surface area contributed by atoms with Crippen LogP contribution in [0.1, 0.15) is 26.3 Å². The molecule has 0 unspecified atom stereocenters. The molecule has 1 aromatic rings. The molecule has 0 amide bonds. The van der Waals surface area contributed by atoms with Gasteiger partial charge in [-0.15, -0.1) is 0 Å². The molecule has 0 atom stereocenters. The highest BCUT2D eigenvalue weighted by molar-refractivity contribution is 7.94. The number of rotatable bonds is 2. The Kier molecular flexibility index (Phi) is 4.56. The maximum Gasteiger partial charge on any atom is 0.237 e. The van der Waals surface area contributed by atoms with Crippen molar-refractivity contribution >= 4 is 15.7 Å². The summed E-state index contributed by atoms with van der Waals surface area (Å²) in [5.41, 5.74) is 5.76. The summed E-state index contributed by atoms with van der Waals surface area (Å²) < 4.78 is 38.7. The molecular formula is C13H17FN2O2S. The monoisotopic (exact) mass is 284 g/mol. The van der Waals surface area contributed by atoms with E-state index in [1.54, 1.807) is 20.8 Å². The van der Waals surface area contributed by atoms with Gasteiger partial charge in [-0.2, -0.15) is 0 Å². The van der Waals surface area contributed by atoms with Crippen LogP contribution in [0.2, 0.25) is 0 Å². The number of anilines is 1. The first-order chi connectivity index (χ1) is 8.67. The van der Waals surface area contributed by atoms with E-state index < -0.39 is 20.6 Å². The minimum atomic E-state index is -3.58. The first kappa shape index (κ1) is 15.5. The second kappa shape index (κ2) is 5.59. The molecule has 0 aliphatic rings. The van der Waals surface area contributed by atoms with Gasteiger partial charge in [0.15, 0.2) is 0 Å². The summed E-state index contributed by atoms with van der Waals surface area (Å²) in [4.78, 5) is 0. The molecule has 0 heterocycles. The Morgan fingerprint density at radius 1 is 1.37 bits per heavy atom. The molecule has 4 nitrogen and oxygen atoms in total. The van der Waals surface area contributed by atoms with E-state index in [0.29, 0.717) is 0 Å².